The number of carbonyl (C=O) groups is 3. The van der Waals surface area contributed by atoms with Crippen LogP contribution in [0.2, 0.25) is 0 Å². The molecule has 1 fully saturated rings. The molecule has 10 nitrogen and oxygen atoms in total. The van der Waals surface area contributed by atoms with Crippen LogP contribution in [0.25, 0.3) is 0 Å². The van der Waals surface area contributed by atoms with E-state index in [0.29, 0.717) is 25.0 Å². The molecule has 6 atom stereocenters. The number of hydrogen-bond acceptors (Lipinski definition) is 10. The summed E-state index contributed by atoms with van der Waals surface area (Å²) in [5.41, 5.74) is 0.508. The number of esters is 2. The van der Waals surface area contributed by atoms with Gasteiger partial charge >= 0.3 is 18.1 Å². The van der Waals surface area contributed by atoms with Crippen LogP contribution in [0.4, 0.5) is 4.79 Å². The molecule has 0 unspecified atom stereocenters. The van der Waals surface area contributed by atoms with E-state index in [1.54, 1.807) is 26.8 Å². The molecule has 1 spiro atoms. The minimum Gasteiger partial charge on any atom is -0.481 e. The fourth-order valence-corrected chi connectivity index (χ4v) is 6.57. The molecule has 0 amide bonds. The lowest BCUT2D eigenvalue weighted by Crippen LogP contribution is -2.74. The second-order valence-corrected chi connectivity index (χ2v) is 12.1. The van der Waals surface area contributed by atoms with E-state index < -0.39 is 53.0 Å². The maximum absolute atomic E-state index is 13.1. The zero-order chi connectivity index (χ0) is 28.5. The highest BCUT2D eigenvalue weighted by molar-refractivity contribution is 5.82. The van der Waals surface area contributed by atoms with E-state index >= 15 is 0 Å². The van der Waals surface area contributed by atoms with Gasteiger partial charge in [-0.25, -0.2) is 14.4 Å². The Kier molecular flexibility index (Phi) is 6.50. The lowest BCUT2D eigenvalue weighted by atomic mass is 9.50. The smallest absolute Gasteiger partial charge is 0.481 e. The summed E-state index contributed by atoms with van der Waals surface area (Å²) in [6.45, 7) is 10.5. The van der Waals surface area contributed by atoms with E-state index in [2.05, 4.69) is 11.0 Å². The van der Waals surface area contributed by atoms with Crippen molar-refractivity contribution in [3.8, 4) is 5.75 Å². The number of piperidine rings is 1. The van der Waals surface area contributed by atoms with Crippen LogP contribution in [0.1, 0.15) is 64.2 Å². The van der Waals surface area contributed by atoms with Gasteiger partial charge in [-0.15, -0.1) is 0 Å². The highest BCUT2D eigenvalue weighted by Gasteiger charge is 2.71. The third-order valence-electron chi connectivity index (χ3n) is 8.41. The Hall–Kier alpha value is -3.11. The van der Waals surface area contributed by atoms with Crippen molar-refractivity contribution in [2.75, 3.05) is 13.6 Å². The summed E-state index contributed by atoms with van der Waals surface area (Å²) in [6.07, 6.45) is -0.892. The third kappa shape index (κ3) is 4.28. The molecule has 1 aromatic carbocycles. The van der Waals surface area contributed by atoms with Gasteiger partial charge in [0.25, 0.3) is 0 Å². The topological polar surface area (TPSA) is 121 Å². The maximum Gasteiger partial charge on any atom is 0.509 e. The number of rotatable bonds is 5. The molecule has 2 aliphatic carbocycles. The minimum absolute atomic E-state index is 0.0988. The van der Waals surface area contributed by atoms with Gasteiger partial charge in [0.2, 0.25) is 0 Å². The number of likely N-dealkylation sites (N-methyl/N-ethyl adjacent to an activating group) is 1. The molecule has 5 rings (SSSR count). The highest BCUT2D eigenvalue weighted by atomic mass is 16.7. The van der Waals surface area contributed by atoms with Crippen molar-refractivity contribution in [2.45, 2.75) is 102 Å². The zero-order valence-electron chi connectivity index (χ0n) is 23.5. The largest absolute Gasteiger partial charge is 0.509 e. The van der Waals surface area contributed by atoms with Gasteiger partial charge in [-0.2, -0.15) is 0 Å². The number of aryl methyl sites for hydroxylation is 1. The van der Waals surface area contributed by atoms with Crippen LogP contribution in [-0.4, -0.2) is 77.2 Å². The molecule has 10 heteroatoms. The van der Waals surface area contributed by atoms with Crippen molar-refractivity contribution in [1.29, 1.82) is 0 Å². The Balaban J connectivity index is 1.33. The van der Waals surface area contributed by atoms with E-state index in [1.807, 2.05) is 20.0 Å². The third-order valence-corrected chi connectivity index (χ3v) is 8.41. The van der Waals surface area contributed by atoms with Gasteiger partial charge in [0.05, 0.1) is 11.0 Å². The molecule has 0 saturated carbocycles. The van der Waals surface area contributed by atoms with Gasteiger partial charge in [0.1, 0.15) is 17.1 Å². The summed E-state index contributed by atoms with van der Waals surface area (Å²) < 4.78 is 27.6. The molecule has 0 radical (unpaired) electrons. The number of carbonyl (C=O) groups excluding carboxylic acids is 3. The van der Waals surface area contributed by atoms with Gasteiger partial charge in [0.15, 0.2) is 18.3 Å². The average molecular weight is 544 g/mol. The standard InChI is InChI=1S/C29H37NO9/c1-15-8-9-18-14-20-29(34)11-10-19(23-28(29,12-13-30(20)7)21(18)22(15)38-23)37-25(32)16(2)35-24(31)17(3)36-26(33)39-27(4,5)6/h8-10,16-17,20,23,34H,11-14H2,1-7H3/t16-,17-,20+,23-,28-,29+/m0/s1. The van der Waals surface area contributed by atoms with Crippen LogP contribution in [0.15, 0.2) is 24.0 Å². The minimum atomic E-state index is -1.29. The molecule has 4 aliphatic rings. The van der Waals surface area contributed by atoms with Gasteiger partial charge in [-0.05, 0) is 85.2 Å². The second kappa shape index (κ2) is 9.23. The van der Waals surface area contributed by atoms with E-state index in [0.717, 1.165) is 29.0 Å². The first kappa shape index (κ1) is 27.5. The summed E-state index contributed by atoms with van der Waals surface area (Å²) in [4.78, 5) is 39.6. The van der Waals surface area contributed by atoms with Crippen molar-refractivity contribution in [2.24, 2.45) is 0 Å². The average Bonchev–Trinajstić information content (AvgIpc) is 3.19. The van der Waals surface area contributed by atoms with Crippen LogP contribution in [0.5, 0.6) is 5.75 Å². The predicted octanol–water partition coefficient (Wildman–Crippen LogP) is 3.09. The van der Waals surface area contributed by atoms with Gasteiger partial charge in [0, 0.05) is 18.0 Å². The van der Waals surface area contributed by atoms with E-state index in [1.165, 1.54) is 13.8 Å². The summed E-state index contributed by atoms with van der Waals surface area (Å²) in [5.74, 6) is -0.656. The first-order valence-corrected chi connectivity index (χ1v) is 13.4. The van der Waals surface area contributed by atoms with Crippen molar-refractivity contribution < 1.29 is 43.2 Å². The van der Waals surface area contributed by atoms with Crippen LogP contribution in [0.3, 0.4) is 0 Å². The Morgan fingerprint density at radius 2 is 1.82 bits per heavy atom. The van der Waals surface area contributed by atoms with Gasteiger partial charge in [-0.1, -0.05) is 12.1 Å². The van der Waals surface area contributed by atoms with Crippen LogP contribution < -0.4 is 4.74 Å². The molecule has 39 heavy (non-hydrogen) atoms. The number of nitrogens with zero attached hydrogens (tertiary/aromatic N) is 1. The Labute approximate surface area is 228 Å². The highest BCUT2D eigenvalue weighted by Crippen LogP contribution is 2.64. The second-order valence-electron chi connectivity index (χ2n) is 12.1. The van der Waals surface area contributed by atoms with Gasteiger partial charge < -0.3 is 33.7 Å². The first-order chi connectivity index (χ1) is 18.2. The number of benzene rings is 1. The lowest BCUT2D eigenvalue weighted by Gasteiger charge is -2.61. The van der Waals surface area contributed by atoms with Crippen LogP contribution in [-0.2, 0) is 40.4 Å². The fraction of sp³-hybridized carbons (Fsp3) is 0.621. The summed E-state index contributed by atoms with van der Waals surface area (Å²) >= 11 is 0. The Bertz CT molecular complexity index is 1250. The molecular formula is C29H37NO9. The first-order valence-electron chi connectivity index (χ1n) is 13.4. The van der Waals surface area contributed by atoms with Crippen molar-refractivity contribution >= 4 is 18.1 Å². The molecule has 0 aromatic heterocycles. The number of likely N-dealkylation sites (tertiary alicyclic amines) is 1. The molecule has 1 aromatic rings. The molecular weight excluding hydrogens is 506 g/mol. The number of ether oxygens (including phenoxy) is 5. The quantitative estimate of drug-likeness (QED) is 0.438. The SMILES string of the molecule is Cc1ccc2c3c1O[C@H]1C(OC(=O)[C@H](C)OC(=O)[C@H](C)OC(=O)OC(C)(C)C)=CC[C@@]4(O)[C@@H](C2)N(C)CC[C@]314. The molecule has 2 bridgehead atoms. The normalized spacial score (nSPS) is 30.2. The molecule has 1 saturated heterocycles. The zero-order valence-corrected chi connectivity index (χ0v) is 23.5. The van der Waals surface area contributed by atoms with E-state index in [-0.39, 0.29) is 6.04 Å². The van der Waals surface area contributed by atoms with Crippen LogP contribution in [0, 0.1) is 6.92 Å². The number of aliphatic hydroxyl groups is 1. The van der Waals surface area contributed by atoms with Crippen LogP contribution >= 0.6 is 0 Å². The van der Waals surface area contributed by atoms with Crippen molar-refractivity contribution in [3.05, 3.63) is 40.7 Å². The van der Waals surface area contributed by atoms with E-state index in [4.69, 9.17) is 23.7 Å². The van der Waals surface area contributed by atoms with Crippen molar-refractivity contribution in [1.82, 2.24) is 4.90 Å². The lowest BCUT2D eigenvalue weighted by molar-refractivity contribution is -0.178. The summed E-state index contributed by atoms with van der Waals surface area (Å²) in [7, 11) is 2.03. The summed E-state index contributed by atoms with van der Waals surface area (Å²) in [5, 5.41) is 12.2. The van der Waals surface area contributed by atoms with Gasteiger partial charge in [-0.3, -0.25) is 0 Å². The monoisotopic (exact) mass is 543 g/mol. The Morgan fingerprint density at radius 3 is 2.51 bits per heavy atom. The molecule has 212 valence electrons. The molecule has 2 heterocycles. The maximum atomic E-state index is 13.1. The predicted molar refractivity (Wildman–Crippen MR) is 138 cm³/mol. The molecule has 1 N–H and O–H groups in total. The molecule has 2 aliphatic heterocycles. The van der Waals surface area contributed by atoms with Crippen molar-refractivity contribution in [3.63, 3.8) is 0 Å². The fourth-order valence-electron chi connectivity index (χ4n) is 6.57. The summed E-state index contributed by atoms with van der Waals surface area (Å²) in [6, 6.07) is 4.04. The van der Waals surface area contributed by atoms with E-state index in [9.17, 15) is 19.5 Å². The Morgan fingerprint density at radius 1 is 1.13 bits per heavy atom. The number of hydrogen-bond donors (Lipinski definition) is 1.